The number of pyridine rings is 1. The zero-order valence-corrected chi connectivity index (χ0v) is 11.4. The van der Waals surface area contributed by atoms with Crippen LogP contribution in [0.15, 0.2) is 24.5 Å². The Hall–Kier alpha value is -0.970. The molecule has 1 aromatic heterocycles. The van der Waals surface area contributed by atoms with Gasteiger partial charge in [-0.15, -0.1) is 0 Å². The van der Waals surface area contributed by atoms with E-state index in [-0.39, 0.29) is 24.3 Å². The summed E-state index contributed by atoms with van der Waals surface area (Å²) < 4.78 is 5.78. The summed E-state index contributed by atoms with van der Waals surface area (Å²) >= 11 is 0. The lowest BCUT2D eigenvalue weighted by molar-refractivity contribution is -0.0831. The Kier molecular flexibility index (Phi) is 4.32. The maximum Gasteiger partial charge on any atom is 0.0678 e. The van der Waals surface area contributed by atoms with E-state index in [1.807, 2.05) is 12.3 Å². The maximum atomic E-state index is 6.18. The molecule has 0 aliphatic carbocycles. The summed E-state index contributed by atoms with van der Waals surface area (Å²) in [5, 5.41) is 0. The van der Waals surface area contributed by atoms with Crippen LogP contribution in [0.4, 0.5) is 0 Å². The fourth-order valence-corrected chi connectivity index (χ4v) is 2.84. The Morgan fingerprint density at radius 2 is 2.06 bits per heavy atom. The second-order valence-electron chi connectivity index (χ2n) is 5.30. The van der Waals surface area contributed by atoms with E-state index in [4.69, 9.17) is 10.5 Å². The first-order valence-electron chi connectivity index (χ1n) is 6.63. The van der Waals surface area contributed by atoms with Gasteiger partial charge in [0.15, 0.2) is 0 Å². The van der Waals surface area contributed by atoms with Gasteiger partial charge in [-0.1, -0.05) is 6.07 Å². The minimum atomic E-state index is 0.0756. The van der Waals surface area contributed by atoms with Gasteiger partial charge >= 0.3 is 0 Å². The fraction of sp³-hybridized carbons (Fsp3) is 0.643. The summed E-state index contributed by atoms with van der Waals surface area (Å²) in [7, 11) is 0. The van der Waals surface area contributed by atoms with Gasteiger partial charge in [-0.25, -0.2) is 0 Å². The first kappa shape index (κ1) is 13.5. The zero-order valence-electron chi connectivity index (χ0n) is 11.4. The molecular weight excluding hydrogens is 226 g/mol. The molecule has 4 atom stereocenters. The highest BCUT2D eigenvalue weighted by Gasteiger charge is 2.30. The topological polar surface area (TPSA) is 51.4 Å². The quantitative estimate of drug-likeness (QED) is 0.883. The van der Waals surface area contributed by atoms with Crippen LogP contribution >= 0.6 is 0 Å². The van der Waals surface area contributed by atoms with Crippen molar-refractivity contribution >= 4 is 0 Å². The van der Waals surface area contributed by atoms with Gasteiger partial charge in [-0.05, 0) is 32.4 Å². The molecular formula is C14H23N3O. The lowest BCUT2D eigenvalue weighted by atomic mass is 9.99. The molecule has 100 valence electrons. The summed E-state index contributed by atoms with van der Waals surface area (Å²) in [5.74, 6) is 0. The van der Waals surface area contributed by atoms with Crippen molar-refractivity contribution in [2.75, 3.05) is 13.1 Å². The number of morpholine rings is 1. The molecule has 2 rings (SSSR count). The third-order valence-corrected chi connectivity index (χ3v) is 3.37. The second kappa shape index (κ2) is 5.78. The van der Waals surface area contributed by atoms with Crippen molar-refractivity contribution in [3.8, 4) is 0 Å². The SMILES string of the molecule is CC1CN(C(c2cccnc2)C(C)N)CC(C)O1. The van der Waals surface area contributed by atoms with Crippen molar-refractivity contribution in [2.24, 2.45) is 5.73 Å². The third kappa shape index (κ3) is 3.07. The van der Waals surface area contributed by atoms with E-state index in [1.165, 1.54) is 5.56 Å². The summed E-state index contributed by atoms with van der Waals surface area (Å²) in [6, 6.07) is 4.36. The van der Waals surface area contributed by atoms with Crippen molar-refractivity contribution < 1.29 is 4.74 Å². The van der Waals surface area contributed by atoms with Crippen molar-refractivity contribution in [1.29, 1.82) is 0 Å². The summed E-state index contributed by atoms with van der Waals surface area (Å²) in [6.45, 7) is 8.13. The van der Waals surface area contributed by atoms with Gasteiger partial charge in [0.05, 0.1) is 18.2 Å². The molecule has 0 aromatic carbocycles. The minimum absolute atomic E-state index is 0.0756. The molecule has 1 fully saturated rings. The van der Waals surface area contributed by atoms with Crippen LogP contribution < -0.4 is 5.73 Å². The number of hydrogen-bond acceptors (Lipinski definition) is 4. The summed E-state index contributed by atoms with van der Waals surface area (Å²) in [4.78, 5) is 6.62. The number of nitrogens with zero attached hydrogens (tertiary/aromatic N) is 2. The van der Waals surface area contributed by atoms with Crippen LogP contribution in [0, 0.1) is 0 Å². The van der Waals surface area contributed by atoms with Gasteiger partial charge in [0.25, 0.3) is 0 Å². The monoisotopic (exact) mass is 249 g/mol. The van der Waals surface area contributed by atoms with E-state index in [0.29, 0.717) is 0 Å². The van der Waals surface area contributed by atoms with Crippen LogP contribution in [0.5, 0.6) is 0 Å². The molecule has 4 nitrogen and oxygen atoms in total. The smallest absolute Gasteiger partial charge is 0.0678 e. The van der Waals surface area contributed by atoms with Crippen molar-refractivity contribution in [3.63, 3.8) is 0 Å². The molecule has 2 heterocycles. The number of ether oxygens (including phenoxy) is 1. The Balaban J connectivity index is 2.20. The lowest BCUT2D eigenvalue weighted by Crippen LogP contribution is -2.50. The van der Waals surface area contributed by atoms with Gasteiger partial charge < -0.3 is 10.5 Å². The van der Waals surface area contributed by atoms with E-state index < -0.39 is 0 Å². The first-order chi connectivity index (χ1) is 8.58. The minimum Gasteiger partial charge on any atom is -0.373 e. The van der Waals surface area contributed by atoms with Crippen molar-refractivity contribution in [2.45, 2.75) is 45.1 Å². The molecule has 2 N–H and O–H groups in total. The predicted octanol–water partition coefficient (Wildman–Crippen LogP) is 1.58. The normalized spacial score (nSPS) is 28.9. The molecule has 18 heavy (non-hydrogen) atoms. The summed E-state index contributed by atoms with van der Waals surface area (Å²) in [6.07, 6.45) is 4.23. The first-order valence-corrected chi connectivity index (χ1v) is 6.63. The standard InChI is InChI=1S/C14H23N3O/c1-10-8-17(9-11(2)18-10)14(12(3)15)13-5-4-6-16-7-13/h4-7,10-12,14H,8-9,15H2,1-3H3. The van der Waals surface area contributed by atoms with Crippen LogP contribution in [0.1, 0.15) is 32.4 Å². The van der Waals surface area contributed by atoms with Gasteiger partial charge in [0, 0.05) is 31.5 Å². The molecule has 1 aliphatic rings. The van der Waals surface area contributed by atoms with Crippen LogP contribution in [0.2, 0.25) is 0 Å². The molecule has 4 unspecified atom stereocenters. The van der Waals surface area contributed by atoms with E-state index >= 15 is 0 Å². The Labute approximate surface area is 109 Å². The molecule has 4 heteroatoms. The largest absolute Gasteiger partial charge is 0.373 e. The number of nitrogens with two attached hydrogens (primary N) is 1. The predicted molar refractivity (Wildman–Crippen MR) is 72.2 cm³/mol. The van der Waals surface area contributed by atoms with Gasteiger partial charge in [-0.3, -0.25) is 9.88 Å². The average molecular weight is 249 g/mol. The Bertz CT molecular complexity index is 359. The molecule has 1 aliphatic heterocycles. The van der Waals surface area contributed by atoms with Crippen LogP contribution in [0.3, 0.4) is 0 Å². The Morgan fingerprint density at radius 3 is 2.56 bits per heavy atom. The van der Waals surface area contributed by atoms with Crippen LogP contribution in [-0.2, 0) is 4.74 Å². The van der Waals surface area contributed by atoms with Crippen LogP contribution in [-0.4, -0.2) is 41.2 Å². The van der Waals surface area contributed by atoms with E-state index in [0.717, 1.165) is 13.1 Å². The number of hydrogen-bond donors (Lipinski definition) is 1. The van der Waals surface area contributed by atoms with E-state index in [1.54, 1.807) is 6.20 Å². The number of aromatic nitrogens is 1. The van der Waals surface area contributed by atoms with Gasteiger partial charge in [-0.2, -0.15) is 0 Å². The summed E-state index contributed by atoms with van der Waals surface area (Å²) in [5.41, 5.74) is 7.37. The molecule has 0 amide bonds. The molecule has 1 saturated heterocycles. The van der Waals surface area contributed by atoms with Crippen molar-refractivity contribution in [1.82, 2.24) is 9.88 Å². The zero-order chi connectivity index (χ0) is 13.1. The third-order valence-electron chi connectivity index (χ3n) is 3.37. The average Bonchev–Trinajstić information content (AvgIpc) is 2.28. The van der Waals surface area contributed by atoms with E-state index in [2.05, 4.69) is 36.7 Å². The number of rotatable bonds is 3. The fourth-order valence-electron chi connectivity index (χ4n) is 2.84. The molecule has 0 bridgehead atoms. The highest BCUT2D eigenvalue weighted by atomic mass is 16.5. The highest BCUT2D eigenvalue weighted by Crippen LogP contribution is 2.26. The van der Waals surface area contributed by atoms with Gasteiger partial charge in [0.2, 0.25) is 0 Å². The highest BCUT2D eigenvalue weighted by molar-refractivity contribution is 5.16. The Morgan fingerprint density at radius 1 is 1.39 bits per heavy atom. The van der Waals surface area contributed by atoms with Crippen molar-refractivity contribution in [3.05, 3.63) is 30.1 Å². The molecule has 0 radical (unpaired) electrons. The van der Waals surface area contributed by atoms with Crippen LogP contribution in [0.25, 0.3) is 0 Å². The maximum absolute atomic E-state index is 6.18. The molecule has 0 spiro atoms. The molecule has 1 aromatic rings. The van der Waals surface area contributed by atoms with Gasteiger partial charge in [0.1, 0.15) is 0 Å². The molecule has 0 saturated carbocycles. The lowest BCUT2D eigenvalue weighted by Gasteiger charge is -2.41. The second-order valence-corrected chi connectivity index (χ2v) is 5.30. The van der Waals surface area contributed by atoms with E-state index in [9.17, 15) is 0 Å².